The Morgan fingerprint density at radius 2 is 2.07 bits per heavy atom. The molecule has 140 valence electrons. The van der Waals surface area contributed by atoms with E-state index in [0.29, 0.717) is 21.2 Å². The van der Waals surface area contributed by atoms with Gasteiger partial charge in [-0.05, 0) is 30.7 Å². The number of hydrogen-bond donors (Lipinski definition) is 0. The van der Waals surface area contributed by atoms with Gasteiger partial charge in [0.25, 0.3) is 5.56 Å². The van der Waals surface area contributed by atoms with Crippen LogP contribution in [0.1, 0.15) is 16.3 Å². The maximum Gasteiger partial charge on any atom is 0.387 e. The van der Waals surface area contributed by atoms with Crippen molar-refractivity contribution >= 4 is 28.3 Å². The summed E-state index contributed by atoms with van der Waals surface area (Å²) in [6.07, 6.45) is 2.67. The summed E-state index contributed by atoms with van der Waals surface area (Å²) in [5, 5.41) is 4.49. The predicted octanol–water partition coefficient (Wildman–Crippen LogP) is 2.82. The zero-order valence-corrected chi connectivity index (χ0v) is 14.8. The Bertz CT molecular complexity index is 1040. The topological polar surface area (TPSA) is 82.8 Å². The molecule has 0 aliphatic carbocycles. The molecule has 0 saturated heterocycles. The highest BCUT2D eigenvalue weighted by molar-refractivity contribution is 7.16. The number of esters is 1. The van der Waals surface area contributed by atoms with Crippen LogP contribution in [0.2, 0.25) is 0 Å². The van der Waals surface area contributed by atoms with E-state index in [4.69, 9.17) is 4.74 Å². The molecule has 0 atom stereocenters. The maximum absolute atomic E-state index is 12.1. The molecule has 0 aliphatic heterocycles. The summed E-state index contributed by atoms with van der Waals surface area (Å²) in [6.45, 7) is -1.28. The van der Waals surface area contributed by atoms with Crippen molar-refractivity contribution < 1.29 is 23.0 Å². The summed E-state index contributed by atoms with van der Waals surface area (Å²) in [5.41, 5.74) is 0.894. The molecule has 0 bridgehead atoms. The summed E-state index contributed by atoms with van der Waals surface area (Å²) in [5.74, 6) is -0.585. The van der Waals surface area contributed by atoms with Gasteiger partial charge in [0.2, 0.25) is 4.96 Å². The van der Waals surface area contributed by atoms with Gasteiger partial charge in [0.15, 0.2) is 5.01 Å². The summed E-state index contributed by atoms with van der Waals surface area (Å²) in [6, 6.07) is 7.14. The van der Waals surface area contributed by atoms with Crippen molar-refractivity contribution in [2.24, 2.45) is 0 Å². The lowest BCUT2D eigenvalue weighted by Gasteiger charge is -2.03. The molecule has 0 radical (unpaired) electrons. The quantitative estimate of drug-likeness (QED) is 0.473. The van der Waals surface area contributed by atoms with Crippen LogP contribution in [-0.2, 0) is 16.1 Å². The Morgan fingerprint density at radius 1 is 1.33 bits per heavy atom. The van der Waals surface area contributed by atoms with E-state index in [1.807, 2.05) is 0 Å². The number of halogens is 2. The standard InChI is InChI=1S/C17H13F2N3O4S/c1-10-8-14(23)22-17(20-10)27-13(21-22)9-25-15(24)7-4-11-2-5-12(6-3-11)26-16(18)19/h2-8,16H,9H2,1H3/b7-4+. The fourth-order valence-electron chi connectivity index (χ4n) is 2.12. The first-order chi connectivity index (χ1) is 12.9. The minimum absolute atomic E-state index is 0.0275. The van der Waals surface area contributed by atoms with E-state index in [-0.39, 0.29) is 17.9 Å². The number of fused-ring (bicyclic) bond motifs is 1. The number of carbonyl (C=O) groups is 1. The number of alkyl halides is 2. The number of carbonyl (C=O) groups excluding carboxylic acids is 1. The van der Waals surface area contributed by atoms with Crippen molar-refractivity contribution in [2.45, 2.75) is 20.1 Å². The van der Waals surface area contributed by atoms with Crippen molar-refractivity contribution in [3.05, 3.63) is 63.0 Å². The van der Waals surface area contributed by atoms with E-state index in [2.05, 4.69) is 14.8 Å². The highest BCUT2D eigenvalue weighted by atomic mass is 32.1. The van der Waals surface area contributed by atoms with Gasteiger partial charge in [-0.25, -0.2) is 9.78 Å². The van der Waals surface area contributed by atoms with Crippen LogP contribution in [0.25, 0.3) is 11.0 Å². The zero-order chi connectivity index (χ0) is 19.4. The van der Waals surface area contributed by atoms with E-state index in [1.165, 1.54) is 42.5 Å². The summed E-state index contributed by atoms with van der Waals surface area (Å²) >= 11 is 1.15. The maximum atomic E-state index is 12.1. The van der Waals surface area contributed by atoms with Gasteiger partial charge in [-0.15, -0.1) is 0 Å². The lowest BCUT2D eigenvalue weighted by Crippen LogP contribution is -2.14. The van der Waals surface area contributed by atoms with Gasteiger partial charge < -0.3 is 9.47 Å². The van der Waals surface area contributed by atoms with E-state index in [9.17, 15) is 18.4 Å². The van der Waals surface area contributed by atoms with E-state index in [0.717, 1.165) is 15.9 Å². The summed E-state index contributed by atoms with van der Waals surface area (Å²) < 4.78 is 34.6. The predicted molar refractivity (Wildman–Crippen MR) is 93.8 cm³/mol. The molecule has 0 saturated carbocycles. The molecule has 7 nitrogen and oxygen atoms in total. The SMILES string of the molecule is Cc1cc(=O)n2nc(COC(=O)/C=C/c3ccc(OC(F)F)cc3)sc2n1. The molecule has 0 fully saturated rings. The fraction of sp³-hybridized carbons (Fsp3) is 0.176. The van der Waals surface area contributed by atoms with Crippen LogP contribution in [0.5, 0.6) is 5.75 Å². The molecule has 0 N–H and O–H groups in total. The van der Waals surface area contributed by atoms with Gasteiger partial charge in [-0.3, -0.25) is 4.79 Å². The van der Waals surface area contributed by atoms with Crippen LogP contribution >= 0.6 is 11.3 Å². The van der Waals surface area contributed by atoms with E-state index >= 15 is 0 Å². The van der Waals surface area contributed by atoms with Crippen LogP contribution in [-0.4, -0.2) is 27.2 Å². The van der Waals surface area contributed by atoms with Crippen molar-refractivity contribution in [3.8, 4) is 5.75 Å². The summed E-state index contributed by atoms with van der Waals surface area (Å²) in [4.78, 5) is 28.2. The average molecular weight is 393 g/mol. The van der Waals surface area contributed by atoms with Gasteiger partial charge in [-0.1, -0.05) is 23.5 Å². The third-order valence-corrected chi connectivity index (χ3v) is 4.15. The van der Waals surface area contributed by atoms with Gasteiger partial charge in [0.05, 0.1) is 0 Å². The van der Waals surface area contributed by atoms with Crippen molar-refractivity contribution in [2.75, 3.05) is 0 Å². The van der Waals surface area contributed by atoms with Gasteiger partial charge in [0, 0.05) is 17.8 Å². The van der Waals surface area contributed by atoms with Crippen LogP contribution < -0.4 is 10.3 Å². The van der Waals surface area contributed by atoms with Crippen molar-refractivity contribution in [3.63, 3.8) is 0 Å². The molecule has 10 heteroatoms. The monoisotopic (exact) mass is 393 g/mol. The second kappa shape index (κ2) is 8.04. The largest absolute Gasteiger partial charge is 0.455 e. The number of hydrogen-bond acceptors (Lipinski definition) is 7. The number of aryl methyl sites for hydroxylation is 1. The van der Waals surface area contributed by atoms with Crippen LogP contribution in [0.3, 0.4) is 0 Å². The second-order valence-electron chi connectivity index (χ2n) is 5.31. The first kappa shape index (κ1) is 18.6. The van der Waals surface area contributed by atoms with E-state index in [1.54, 1.807) is 6.92 Å². The average Bonchev–Trinajstić information content (AvgIpc) is 3.02. The van der Waals surface area contributed by atoms with Crippen molar-refractivity contribution in [1.29, 1.82) is 0 Å². The molecule has 2 aromatic heterocycles. The third-order valence-electron chi connectivity index (χ3n) is 3.27. The number of rotatable bonds is 6. The van der Waals surface area contributed by atoms with Gasteiger partial charge in [0.1, 0.15) is 12.4 Å². The molecule has 0 unspecified atom stereocenters. The molecule has 0 aliphatic rings. The molecule has 3 aromatic rings. The Morgan fingerprint density at radius 3 is 2.78 bits per heavy atom. The molecular formula is C17H13F2N3O4S. The van der Waals surface area contributed by atoms with E-state index < -0.39 is 12.6 Å². The highest BCUT2D eigenvalue weighted by Gasteiger charge is 2.09. The molecular weight excluding hydrogens is 380 g/mol. The Balaban J connectivity index is 1.58. The van der Waals surface area contributed by atoms with Crippen LogP contribution in [0, 0.1) is 6.92 Å². The first-order valence-corrected chi connectivity index (χ1v) is 8.48. The first-order valence-electron chi connectivity index (χ1n) is 7.67. The number of aromatic nitrogens is 3. The fourth-order valence-corrected chi connectivity index (χ4v) is 2.98. The van der Waals surface area contributed by atoms with Crippen LogP contribution in [0.4, 0.5) is 8.78 Å². The molecule has 27 heavy (non-hydrogen) atoms. The van der Waals surface area contributed by atoms with Gasteiger partial charge >= 0.3 is 12.6 Å². The Kier molecular flexibility index (Phi) is 5.55. The molecule has 0 amide bonds. The molecule has 0 spiro atoms. The molecule has 1 aromatic carbocycles. The molecule has 3 rings (SSSR count). The smallest absolute Gasteiger partial charge is 0.387 e. The highest BCUT2D eigenvalue weighted by Crippen LogP contribution is 2.16. The number of ether oxygens (including phenoxy) is 2. The zero-order valence-electron chi connectivity index (χ0n) is 14.0. The minimum Gasteiger partial charge on any atom is -0.455 e. The van der Waals surface area contributed by atoms with Gasteiger partial charge in [-0.2, -0.15) is 18.4 Å². The Hall–Kier alpha value is -3.14. The van der Waals surface area contributed by atoms with Crippen LogP contribution in [0.15, 0.2) is 41.2 Å². The second-order valence-corrected chi connectivity index (χ2v) is 6.36. The minimum atomic E-state index is -2.89. The lowest BCUT2D eigenvalue weighted by molar-refractivity contribution is -0.138. The normalized spacial score (nSPS) is 11.4. The molecule has 2 heterocycles. The van der Waals surface area contributed by atoms with Crippen molar-refractivity contribution in [1.82, 2.24) is 14.6 Å². The Labute approximate surface area is 155 Å². The number of benzene rings is 1. The lowest BCUT2D eigenvalue weighted by atomic mass is 10.2. The third kappa shape index (κ3) is 4.94. The number of nitrogens with zero attached hydrogens (tertiary/aromatic N) is 3. The summed E-state index contributed by atoms with van der Waals surface area (Å²) in [7, 11) is 0.